The summed E-state index contributed by atoms with van der Waals surface area (Å²) in [7, 11) is 2.20. The van der Waals surface area contributed by atoms with Gasteiger partial charge in [0.2, 0.25) is 0 Å². The van der Waals surface area contributed by atoms with E-state index in [4.69, 9.17) is 10.5 Å². The van der Waals surface area contributed by atoms with Crippen molar-refractivity contribution in [2.45, 2.75) is 49.2 Å². The Morgan fingerprint density at radius 1 is 1.33 bits per heavy atom. The van der Waals surface area contributed by atoms with Crippen LogP contribution in [0.5, 0.6) is 0 Å². The first kappa shape index (κ1) is 15.3. The minimum absolute atomic E-state index is 0.195. The number of likely N-dealkylation sites (tertiary alicyclic amines) is 1. The number of allylic oxidation sites excluding steroid dienone is 1. The molecule has 4 N–H and O–H groups in total. The first-order valence-corrected chi connectivity index (χ1v) is 9.09. The summed E-state index contributed by atoms with van der Waals surface area (Å²) in [6.45, 7) is 1.46. The second kappa shape index (κ2) is 4.80. The Balaban J connectivity index is 1.78. The summed E-state index contributed by atoms with van der Waals surface area (Å²) in [5.74, 6) is 0.335. The quantitative estimate of drug-likeness (QED) is 0.637. The molecule has 0 radical (unpaired) electrons. The summed E-state index contributed by atoms with van der Waals surface area (Å²) < 4.78 is 6.56. The normalized spacial score (nSPS) is 51.9. The highest BCUT2D eigenvalue weighted by Crippen LogP contribution is 2.67. The van der Waals surface area contributed by atoms with Crippen molar-refractivity contribution in [3.63, 3.8) is 0 Å². The van der Waals surface area contributed by atoms with E-state index in [1.807, 2.05) is 12.2 Å². The summed E-state index contributed by atoms with van der Waals surface area (Å²) in [5, 5.41) is 21.6. The van der Waals surface area contributed by atoms with Crippen LogP contribution in [-0.2, 0) is 4.74 Å². The van der Waals surface area contributed by atoms with E-state index >= 15 is 0 Å². The van der Waals surface area contributed by atoms with Crippen LogP contribution in [0.4, 0.5) is 0 Å². The van der Waals surface area contributed by atoms with Gasteiger partial charge >= 0.3 is 0 Å². The van der Waals surface area contributed by atoms with Gasteiger partial charge in [0.15, 0.2) is 0 Å². The molecule has 2 unspecified atom stereocenters. The van der Waals surface area contributed by atoms with Crippen LogP contribution in [0.2, 0.25) is 0 Å². The van der Waals surface area contributed by atoms with Crippen molar-refractivity contribution < 1.29 is 14.9 Å². The van der Waals surface area contributed by atoms with Gasteiger partial charge in [0.05, 0.1) is 12.2 Å². The number of aliphatic hydroxyl groups is 2. The van der Waals surface area contributed by atoms with Gasteiger partial charge in [-0.2, -0.15) is 0 Å². The van der Waals surface area contributed by atoms with E-state index in [0.29, 0.717) is 24.9 Å². The monoisotopic (exact) mass is 330 g/mol. The molecule has 0 amide bonds. The van der Waals surface area contributed by atoms with E-state index in [1.54, 1.807) is 0 Å². The Labute approximate surface area is 142 Å². The Bertz CT molecular complexity index is 672. The molecule has 24 heavy (non-hydrogen) atoms. The topological polar surface area (TPSA) is 79.0 Å². The van der Waals surface area contributed by atoms with Gasteiger partial charge in [-0.25, -0.2) is 0 Å². The van der Waals surface area contributed by atoms with Crippen LogP contribution in [0.15, 0.2) is 35.5 Å². The third kappa shape index (κ3) is 1.54. The Kier molecular flexibility index (Phi) is 3.06. The van der Waals surface area contributed by atoms with Crippen LogP contribution < -0.4 is 5.73 Å². The van der Waals surface area contributed by atoms with Gasteiger partial charge < -0.3 is 25.6 Å². The van der Waals surface area contributed by atoms with Crippen molar-refractivity contribution in [3.05, 3.63) is 35.5 Å². The molecule has 2 bridgehead atoms. The minimum Gasteiger partial charge on any atom is -0.386 e. The predicted octanol–water partition coefficient (Wildman–Crippen LogP) is 0.341. The Morgan fingerprint density at radius 3 is 2.96 bits per heavy atom. The van der Waals surface area contributed by atoms with E-state index in [2.05, 4.69) is 24.1 Å². The van der Waals surface area contributed by atoms with E-state index in [0.717, 1.165) is 19.4 Å². The lowest BCUT2D eigenvalue weighted by molar-refractivity contribution is -0.142. The van der Waals surface area contributed by atoms with Crippen molar-refractivity contribution in [2.75, 3.05) is 20.1 Å². The molecular formula is C19H26N2O3. The van der Waals surface area contributed by atoms with Gasteiger partial charge in [-0.15, -0.1) is 0 Å². The van der Waals surface area contributed by atoms with Crippen molar-refractivity contribution in [2.24, 2.45) is 17.1 Å². The van der Waals surface area contributed by atoms with Gasteiger partial charge in [-0.1, -0.05) is 24.3 Å². The second-order valence-corrected chi connectivity index (χ2v) is 8.11. The molecule has 1 spiro atoms. The number of nitrogens with zero attached hydrogens (tertiary/aromatic N) is 1. The number of hydrogen-bond donors (Lipinski definition) is 3. The maximum absolute atomic E-state index is 10.9. The highest BCUT2D eigenvalue weighted by atomic mass is 16.5. The Morgan fingerprint density at radius 2 is 2.17 bits per heavy atom. The SMILES string of the molecule is CN1CC[C@]23C4=C5C=CC(O)C4(CCN)O[C@H]2[C@@H](O)C=C[C@H]3[C@H]1C5. The Hall–Kier alpha value is -0.980. The molecule has 0 saturated carbocycles. The number of piperidine rings is 1. The molecule has 2 aliphatic heterocycles. The molecule has 5 heteroatoms. The maximum Gasteiger partial charge on any atom is 0.121 e. The lowest BCUT2D eigenvalue weighted by Gasteiger charge is -2.58. The standard InChI is InChI=1S/C19H26N2O3/c1-21-9-7-18-12-3-4-14(22)17(18)24-19(6-8-20)15(23)5-2-11(16(18)19)10-13(12)21/h2-5,12-15,17,22-23H,6-10,20H2,1H3/t12-,13+,14-,15?,17-,18-,19?/m0/s1. The summed E-state index contributed by atoms with van der Waals surface area (Å²) in [6.07, 6.45) is 9.00. The van der Waals surface area contributed by atoms with Crippen LogP contribution in [0, 0.1) is 11.3 Å². The summed E-state index contributed by atoms with van der Waals surface area (Å²) in [6, 6.07) is 0.431. The molecule has 2 heterocycles. The maximum atomic E-state index is 10.9. The molecule has 2 saturated heterocycles. The molecule has 5 nitrogen and oxygen atoms in total. The first-order valence-electron chi connectivity index (χ1n) is 9.09. The molecule has 0 aromatic carbocycles. The number of aliphatic hydroxyl groups excluding tert-OH is 2. The minimum atomic E-state index is -0.754. The molecule has 7 atom stereocenters. The average Bonchev–Trinajstić information content (AvgIpc) is 2.87. The fraction of sp³-hybridized carbons (Fsp3) is 0.684. The number of nitrogens with two attached hydrogens (primary N) is 1. The average molecular weight is 330 g/mol. The smallest absolute Gasteiger partial charge is 0.121 e. The zero-order valence-electron chi connectivity index (χ0n) is 14.1. The third-order valence-corrected chi connectivity index (χ3v) is 7.24. The van der Waals surface area contributed by atoms with Crippen LogP contribution in [0.1, 0.15) is 19.3 Å². The molecule has 2 fully saturated rings. The molecular weight excluding hydrogens is 304 g/mol. The van der Waals surface area contributed by atoms with Crippen LogP contribution in [-0.4, -0.2) is 65.2 Å². The molecule has 5 rings (SSSR count). The third-order valence-electron chi connectivity index (χ3n) is 7.24. The van der Waals surface area contributed by atoms with Crippen molar-refractivity contribution >= 4 is 0 Å². The fourth-order valence-corrected chi connectivity index (χ4v) is 6.33. The van der Waals surface area contributed by atoms with E-state index in [9.17, 15) is 10.2 Å². The summed E-state index contributed by atoms with van der Waals surface area (Å²) in [4.78, 5) is 2.45. The molecule has 0 aromatic rings. The second-order valence-electron chi connectivity index (χ2n) is 8.11. The highest BCUT2D eigenvalue weighted by molar-refractivity contribution is 5.53. The zero-order valence-corrected chi connectivity index (χ0v) is 14.1. The van der Waals surface area contributed by atoms with E-state index < -0.39 is 17.8 Å². The van der Waals surface area contributed by atoms with Crippen LogP contribution in [0.25, 0.3) is 0 Å². The van der Waals surface area contributed by atoms with Gasteiger partial charge in [0.25, 0.3) is 0 Å². The predicted molar refractivity (Wildman–Crippen MR) is 90.2 cm³/mol. The van der Waals surface area contributed by atoms with E-state index in [-0.39, 0.29) is 11.5 Å². The highest BCUT2D eigenvalue weighted by Gasteiger charge is 2.70. The van der Waals surface area contributed by atoms with E-state index in [1.165, 1.54) is 11.1 Å². The molecule has 5 aliphatic rings. The number of rotatable bonds is 2. The molecule has 130 valence electrons. The lowest BCUT2D eigenvalue weighted by Crippen LogP contribution is -2.62. The van der Waals surface area contributed by atoms with Crippen LogP contribution in [0.3, 0.4) is 0 Å². The van der Waals surface area contributed by atoms with Gasteiger partial charge in [0, 0.05) is 17.4 Å². The molecule has 3 aliphatic carbocycles. The van der Waals surface area contributed by atoms with Crippen molar-refractivity contribution in [1.29, 1.82) is 0 Å². The largest absolute Gasteiger partial charge is 0.386 e. The fourth-order valence-electron chi connectivity index (χ4n) is 6.33. The molecule has 0 aromatic heterocycles. The zero-order chi connectivity index (χ0) is 16.7. The number of ether oxygens (including phenoxy) is 1. The van der Waals surface area contributed by atoms with Crippen molar-refractivity contribution in [3.8, 4) is 0 Å². The van der Waals surface area contributed by atoms with Crippen LogP contribution >= 0.6 is 0 Å². The summed E-state index contributed by atoms with van der Waals surface area (Å²) >= 11 is 0. The number of hydrogen-bond acceptors (Lipinski definition) is 5. The van der Waals surface area contributed by atoms with Gasteiger partial charge in [0.1, 0.15) is 11.7 Å². The summed E-state index contributed by atoms with van der Waals surface area (Å²) in [5.41, 5.74) is 7.52. The van der Waals surface area contributed by atoms with Gasteiger partial charge in [-0.3, -0.25) is 0 Å². The first-order chi connectivity index (χ1) is 11.5. The van der Waals surface area contributed by atoms with Crippen molar-refractivity contribution in [1.82, 2.24) is 4.90 Å². The van der Waals surface area contributed by atoms with Gasteiger partial charge in [-0.05, 0) is 50.5 Å². The lowest BCUT2D eigenvalue weighted by atomic mass is 9.50.